The Labute approximate surface area is 123 Å². The Morgan fingerprint density at radius 2 is 2.05 bits per heavy atom. The standard InChI is InChI=1S/C14H21N3O4/c1-9(8-18)10(2)15-12-7-11(14(19)16(3)4)5-6-13(12)17(20)21/h5-7,9-10,15,18H,8H2,1-4H3. The number of benzene rings is 1. The van der Waals surface area contributed by atoms with Crippen molar-refractivity contribution in [3.63, 3.8) is 0 Å². The number of anilines is 1. The Bertz CT molecular complexity index is 531. The highest BCUT2D eigenvalue weighted by molar-refractivity contribution is 5.95. The van der Waals surface area contributed by atoms with E-state index in [1.54, 1.807) is 14.1 Å². The summed E-state index contributed by atoms with van der Waals surface area (Å²) in [6.45, 7) is 3.63. The molecule has 21 heavy (non-hydrogen) atoms. The lowest BCUT2D eigenvalue weighted by atomic mass is 10.0. The number of nitro groups is 1. The first-order valence-corrected chi connectivity index (χ1v) is 6.65. The van der Waals surface area contributed by atoms with Crippen molar-refractivity contribution in [2.24, 2.45) is 5.92 Å². The molecule has 0 bridgehead atoms. The molecule has 0 aliphatic rings. The topological polar surface area (TPSA) is 95.7 Å². The van der Waals surface area contributed by atoms with Gasteiger partial charge >= 0.3 is 0 Å². The molecule has 0 aliphatic carbocycles. The van der Waals surface area contributed by atoms with Crippen LogP contribution in [0.15, 0.2) is 18.2 Å². The Morgan fingerprint density at radius 1 is 1.43 bits per heavy atom. The summed E-state index contributed by atoms with van der Waals surface area (Å²) in [5, 5.41) is 23.2. The number of carbonyl (C=O) groups excluding carboxylic acids is 1. The molecule has 0 radical (unpaired) electrons. The average Bonchev–Trinajstić information content (AvgIpc) is 2.44. The summed E-state index contributed by atoms with van der Waals surface area (Å²) in [6.07, 6.45) is 0. The van der Waals surface area contributed by atoms with Crippen molar-refractivity contribution >= 4 is 17.3 Å². The van der Waals surface area contributed by atoms with Gasteiger partial charge in [0.05, 0.1) is 4.92 Å². The summed E-state index contributed by atoms with van der Waals surface area (Å²) in [5.41, 5.74) is 0.555. The highest BCUT2D eigenvalue weighted by atomic mass is 16.6. The Hall–Kier alpha value is -2.15. The van der Waals surface area contributed by atoms with E-state index in [9.17, 15) is 14.9 Å². The predicted molar refractivity (Wildman–Crippen MR) is 80.4 cm³/mol. The second-order valence-corrected chi connectivity index (χ2v) is 5.28. The van der Waals surface area contributed by atoms with Crippen molar-refractivity contribution in [2.75, 3.05) is 26.0 Å². The van der Waals surface area contributed by atoms with E-state index < -0.39 is 4.92 Å². The lowest BCUT2D eigenvalue weighted by molar-refractivity contribution is -0.384. The van der Waals surface area contributed by atoms with Gasteiger partial charge in [-0.25, -0.2) is 0 Å². The molecule has 1 rings (SSSR count). The Morgan fingerprint density at radius 3 is 2.52 bits per heavy atom. The van der Waals surface area contributed by atoms with E-state index in [0.29, 0.717) is 5.56 Å². The van der Waals surface area contributed by atoms with Crippen molar-refractivity contribution in [3.8, 4) is 0 Å². The normalized spacial score (nSPS) is 13.4. The number of hydrogen-bond acceptors (Lipinski definition) is 5. The minimum atomic E-state index is -0.497. The zero-order chi connectivity index (χ0) is 16.2. The van der Waals surface area contributed by atoms with Crippen LogP contribution in [-0.2, 0) is 0 Å². The van der Waals surface area contributed by atoms with Crippen LogP contribution in [0.1, 0.15) is 24.2 Å². The van der Waals surface area contributed by atoms with E-state index in [4.69, 9.17) is 5.11 Å². The van der Waals surface area contributed by atoms with Gasteiger partial charge in [0.1, 0.15) is 5.69 Å². The van der Waals surface area contributed by atoms with Gasteiger partial charge in [0, 0.05) is 38.4 Å². The van der Waals surface area contributed by atoms with Crippen LogP contribution in [0.4, 0.5) is 11.4 Å². The van der Waals surface area contributed by atoms with Gasteiger partial charge in [0.15, 0.2) is 0 Å². The summed E-state index contributed by atoms with van der Waals surface area (Å²) in [7, 11) is 3.24. The quantitative estimate of drug-likeness (QED) is 0.615. The van der Waals surface area contributed by atoms with Crippen molar-refractivity contribution in [1.29, 1.82) is 0 Å². The lowest BCUT2D eigenvalue weighted by Crippen LogP contribution is -2.27. The van der Waals surface area contributed by atoms with Crippen molar-refractivity contribution in [2.45, 2.75) is 19.9 Å². The number of nitrogens with one attached hydrogen (secondary N) is 1. The third kappa shape index (κ3) is 4.16. The minimum absolute atomic E-state index is 0.0295. The number of amides is 1. The molecule has 1 aromatic carbocycles. The van der Waals surface area contributed by atoms with Crippen molar-refractivity contribution in [1.82, 2.24) is 4.90 Å². The third-order valence-corrected chi connectivity index (χ3v) is 3.37. The van der Waals surface area contributed by atoms with Crippen LogP contribution in [-0.4, -0.2) is 47.6 Å². The van der Waals surface area contributed by atoms with E-state index in [1.165, 1.54) is 23.1 Å². The van der Waals surface area contributed by atoms with E-state index in [1.807, 2.05) is 13.8 Å². The molecule has 116 valence electrons. The first-order valence-electron chi connectivity index (χ1n) is 6.65. The smallest absolute Gasteiger partial charge is 0.292 e. The minimum Gasteiger partial charge on any atom is -0.396 e. The van der Waals surface area contributed by atoms with Gasteiger partial charge in [-0.3, -0.25) is 14.9 Å². The summed E-state index contributed by atoms with van der Waals surface area (Å²) in [4.78, 5) is 23.9. The molecule has 1 amide bonds. The number of carbonyl (C=O) groups is 1. The summed E-state index contributed by atoms with van der Waals surface area (Å²) in [5.74, 6) is -0.298. The summed E-state index contributed by atoms with van der Waals surface area (Å²) in [6, 6.07) is 4.06. The molecular formula is C14H21N3O4. The molecule has 0 heterocycles. The Kier molecular flexibility index (Phi) is 5.66. The zero-order valence-corrected chi connectivity index (χ0v) is 12.7. The first kappa shape index (κ1) is 16.9. The second kappa shape index (κ2) is 7.03. The molecule has 2 atom stereocenters. The Balaban J connectivity index is 3.16. The van der Waals surface area contributed by atoms with Crippen LogP contribution in [0.25, 0.3) is 0 Å². The molecule has 0 aromatic heterocycles. The number of hydrogen-bond donors (Lipinski definition) is 2. The molecule has 0 spiro atoms. The first-order chi connectivity index (χ1) is 9.77. The summed E-state index contributed by atoms with van der Waals surface area (Å²) >= 11 is 0. The van der Waals surface area contributed by atoms with Crippen LogP contribution in [0.5, 0.6) is 0 Å². The summed E-state index contributed by atoms with van der Waals surface area (Å²) < 4.78 is 0. The van der Waals surface area contributed by atoms with Gasteiger partial charge in [-0.15, -0.1) is 0 Å². The molecule has 0 aliphatic heterocycles. The maximum atomic E-state index is 11.9. The average molecular weight is 295 g/mol. The van der Waals surface area contributed by atoms with Gasteiger partial charge in [-0.2, -0.15) is 0 Å². The van der Waals surface area contributed by atoms with Crippen LogP contribution in [0, 0.1) is 16.0 Å². The van der Waals surface area contributed by atoms with Crippen LogP contribution >= 0.6 is 0 Å². The molecular weight excluding hydrogens is 274 g/mol. The van der Waals surface area contributed by atoms with Crippen molar-refractivity contribution in [3.05, 3.63) is 33.9 Å². The van der Waals surface area contributed by atoms with Gasteiger partial charge in [0.2, 0.25) is 0 Å². The van der Waals surface area contributed by atoms with Gasteiger partial charge in [-0.1, -0.05) is 6.92 Å². The highest BCUT2D eigenvalue weighted by Crippen LogP contribution is 2.27. The zero-order valence-electron chi connectivity index (χ0n) is 12.7. The largest absolute Gasteiger partial charge is 0.396 e. The van der Waals surface area contributed by atoms with Gasteiger partial charge in [-0.05, 0) is 25.0 Å². The molecule has 0 saturated carbocycles. The fourth-order valence-corrected chi connectivity index (χ4v) is 1.75. The number of aliphatic hydroxyl groups is 1. The molecule has 0 fully saturated rings. The third-order valence-electron chi connectivity index (χ3n) is 3.37. The fraction of sp³-hybridized carbons (Fsp3) is 0.500. The second-order valence-electron chi connectivity index (χ2n) is 5.28. The fourth-order valence-electron chi connectivity index (χ4n) is 1.75. The molecule has 2 unspecified atom stereocenters. The number of rotatable bonds is 6. The van der Waals surface area contributed by atoms with Gasteiger partial charge in [0.25, 0.3) is 11.6 Å². The predicted octanol–water partition coefficient (Wildman–Crippen LogP) is 1.73. The number of nitrogens with zero attached hydrogens (tertiary/aromatic N) is 2. The van der Waals surface area contributed by atoms with Crippen LogP contribution in [0.2, 0.25) is 0 Å². The number of nitro benzene ring substituents is 1. The van der Waals surface area contributed by atoms with E-state index >= 15 is 0 Å². The molecule has 7 nitrogen and oxygen atoms in total. The van der Waals surface area contributed by atoms with E-state index in [-0.39, 0.29) is 35.8 Å². The van der Waals surface area contributed by atoms with Gasteiger partial charge < -0.3 is 15.3 Å². The molecule has 2 N–H and O–H groups in total. The highest BCUT2D eigenvalue weighted by Gasteiger charge is 2.20. The SMILES string of the molecule is CC(CO)C(C)Nc1cc(C(=O)N(C)C)ccc1[N+](=O)[O-]. The monoisotopic (exact) mass is 295 g/mol. The van der Waals surface area contributed by atoms with Crippen LogP contribution < -0.4 is 5.32 Å². The van der Waals surface area contributed by atoms with E-state index in [2.05, 4.69) is 5.32 Å². The maximum Gasteiger partial charge on any atom is 0.292 e. The van der Waals surface area contributed by atoms with Crippen LogP contribution in [0.3, 0.4) is 0 Å². The molecule has 7 heteroatoms. The maximum absolute atomic E-state index is 11.9. The van der Waals surface area contributed by atoms with Crippen molar-refractivity contribution < 1.29 is 14.8 Å². The molecule has 1 aromatic rings. The van der Waals surface area contributed by atoms with E-state index in [0.717, 1.165) is 0 Å². The number of aliphatic hydroxyl groups excluding tert-OH is 1. The molecule has 0 saturated heterocycles. The lowest BCUT2D eigenvalue weighted by Gasteiger charge is -2.21.